The van der Waals surface area contributed by atoms with Crippen LogP contribution in [0.25, 0.3) is 0 Å². The molecule has 0 spiro atoms. The average molecular weight is 233 g/mol. The summed E-state index contributed by atoms with van der Waals surface area (Å²) in [6.07, 6.45) is 6.63. The van der Waals surface area contributed by atoms with Gasteiger partial charge in [-0.2, -0.15) is 0 Å². The Labute approximate surface area is 103 Å². The molecule has 0 bridgehead atoms. The third-order valence-corrected chi connectivity index (χ3v) is 3.48. The van der Waals surface area contributed by atoms with Gasteiger partial charge in [-0.25, -0.2) is 0 Å². The van der Waals surface area contributed by atoms with Gasteiger partial charge in [-0.1, -0.05) is 43.5 Å². The van der Waals surface area contributed by atoms with E-state index in [1.54, 1.807) is 12.1 Å². The van der Waals surface area contributed by atoms with Gasteiger partial charge in [0.1, 0.15) is 0 Å². The number of nitrogens with one attached hydrogen (secondary N) is 1. The molecule has 0 heterocycles. The number of hydrogen-bond acceptors (Lipinski definition) is 3. The third kappa shape index (κ3) is 3.84. The van der Waals surface area contributed by atoms with E-state index in [2.05, 4.69) is 5.32 Å². The number of rotatable bonds is 4. The van der Waals surface area contributed by atoms with Crippen LogP contribution in [-0.4, -0.2) is 23.2 Å². The standard InChI is InChI=1S/C13H20BNO2/c16-14(17)12-8-6-11(7-9-12)10-15-13-4-2-1-3-5-13/h6-9,13,15-17H,1-5,10H2. The van der Waals surface area contributed by atoms with Crippen molar-refractivity contribution >= 4 is 12.6 Å². The molecule has 92 valence electrons. The summed E-state index contributed by atoms with van der Waals surface area (Å²) in [7, 11) is -1.37. The van der Waals surface area contributed by atoms with E-state index in [4.69, 9.17) is 10.0 Å². The second kappa shape index (κ2) is 6.19. The highest BCUT2D eigenvalue weighted by Crippen LogP contribution is 2.17. The highest BCUT2D eigenvalue weighted by molar-refractivity contribution is 6.58. The van der Waals surface area contributed by atoms with Crippen LogP contribution in [0.3, 0.4) is 0 Å². The first-order valence-electron chi connectivity index (χ1n) is 6.44. The van der Waals surface area contributed by atoms with Crippen molar-refractivity contribution < 1.29 is 10.0 Å². The molecule has 0 aliphatic heterocycles. The minimum Gasteiger partial charge on any atom is -0.423 e. The van der Waals surface area contributed by atoms with Gasteiger partial charge in [0.2, 0.25) is 0 Å². The predicted octanol–water partition coefficient (Wildman–Crippen LogP) is 0.789. The summed E-state index contributed by atoms with van der Waals surface area (Å²) in [5, 5.41) is 21.5. The van der Waals surface area contributed by atoms with Crippen LogP contribution in [0, 0.1) is 0 Å². The third-order valence-electron chi connectivity index (χ3n) is 3.48. The maximum Gasteiger partial charge on any atom is 0.488 e. The number of hydrogen-bond donors (Lipinski definition) is 3. The van der Waals surface area contributed by atoms with Crippen molar-refractivity contribution in [3.05, 3.63) is 29.8 Å². The average Bonchev–Trinajstić information content (AvgIpc) is 2.38. The summed E-state index contributed by atoms with van der Waals surface area (Å²) in [6.45, 7) is 0.868. The van der Waals surface area contributed by atoms with E-state index in [0.29, 0.717) is 11.5 Å². The van der Waals surface area contributed by atoms with E-state index in [9.17, 15) is 0 Å². The van der Waals surface area contributed by atoms with Crippen LogP contribution < -0.4 is 10.8 Å². The summed E-state index contributed by atoms with van der Waals surface area (Å²) in [5.74, 6) is 0. The Balaban J connectivity index is 1.82. The molecule has 0 radical (unpaired) electrons. The Morgan fingerprint density at radius 3 is 2.29 bits per heavy atom. The first kappa shape index (κ1) is 12.6. The van der Waals surface area contributed by atoms with Crippen molar-refractivity contribution in [1.82, 2.24) is 5.32 Å². The lowest BCUT2D eigenvalue weighted by atomic mass is 9.80. The van der Waals surface area contributed by atoms with E-state index in [-0.39, 0.29) is 0 Å². The van der Waals surface area contributed by atoms with Gasteiger partial charge in [0.15, 0.2) is 0 Å². The molecule has 4 heteroatoms. The molecule has 3 N–H and O–H groups in total. The SMILES string of the molecule is OB(O)c1ccc(CNC2CCCCC2)cc1. The topological polar surface area (TPSA) is 52.5 Å². The van der Waals surface area contributed by atoms with Gasteiger partial charge >= 0.3 is 7.12 Å². The molecule has 0 atom stereocenters. The monoisotopic (exact) mass is 233 g/mol. The van der Waals surface area contributed by atoms with Crippen LogP contribution >= 0.6 is 0 Å². The Morgan fingerprint density at radius 2 is 1.71 bits per heavy atom. The molecule has 1 saturated carbocycles. The van der Waals surface area contributed by atoms with E-state index >= 15 is 0 Å². The summed E-state index contributed by atoms with van der Waals surface area (Å²) in [6, 6.07) is 8.09. The Bertz CT molecular complexity index is 334. The molecular weight excluding hydrogens is 213 g/mol. The Hall–Kier alpha value is -0.835. The fourth-order valence-electron chi connectivity index (χ4n) is 2.38. The molecule has 1 fully saturated rings. The van der Waals surface area contributed by atoms with Crippen LogP contribution in [0.15, 0.2) is 24.3 Å². The van der Waals surface area contributed by atoms with Crippen LogP contribution in [0.1, 0.15) is 37.7 Å². The van der Waals surface area contributed by atoms with Crippen molar-refractivity contribution in [3.63, 3.8) is 0 Å². The molecule has 0 amide bonds. The first-order valence-corrected chi connectivity index (χ1v) is 6.44. The summed E-state index contributed by atoms with van der Waals surface area (Å²) in [5.41, 5.74) is 1.74. The van der Waals surface area contributed by atoms with E-state index in [1.807, 2.05) is 12.1 Å². The molecule has 3 nitrogen and oxygen atoms in total. The molecule has 2 rings (SSSR count). The lowest BCUT2D eigenvalue weighted by Crippen LogP contribution is -2.31. The van der Waals surface area contributed by atoms with Gasteiger partial charge in [0.05, 0.1) is 0 Å². The van der Waals surface area contributed by atoms with Crippen molar-refractivity contribution in [1.29, 1.82) is 0 Å². The largest absolute Gasteiger partial charge is 0.488 e. The molecule has 1 aromatic carbocycles. The fraction of sp³-hybridized carbons (Fsp3) is 0.538. The predicted molar refractivity (Wildman–Crippen MR) is 70.0 cm³/mol. The summed E-state index contributed by atoms with van der Waals surface area (Å²) < 4.78 is 0. The molecule has 0 unspecified atom stereocenters. The fourth-order valence-corrected chi connectivity index (χ4v) is 2.38. The van der Waals surface area contributed by atoms with Gasteiger partial charge in [-0.15, -0.1) is 0 Å². The summed E-state index contributed by atoms with van der Waals surface area (Å²) >= 11 is 0. The Morgan fingerprint density at radius 1 is 1.06 bits per heavy atom. The van der Waals surface area contributed by atoms with Crippen molar-refractivity contribution in [2.75, 3.05) is 0 Å². The zero-order valence-electron chi connectivity index (χ0n) is 10.1. The van der Waals surface area contributed by atoms with Crippen molar-refractivity contribution in [3.8, 4) is 0 Å². The van der Waals surface area contributed by atoms with Crippen LogP contribution in [0.5, 0.6) is 0 Å². The zero-order valence-corrected chi connectivity index (χ0v) is 10.1. The highest BCUT2D eigenvalue weighted by Gasteiger charge is 2.13. The molecule has 1 aliphatic carbocycles. The second-order valence-corrected chi connectivity index (χ2v) is 4.83. The molecule has 0 saturated heterocycles. The van der Waals surface area contributed by atoms with E-state index < -0.39 is 7.12 Å². The Kier molecular flexibility index (Phi) is 4.60. The van der Waals surface area contributed by atoms with Gasteiger partial charge in [0, 0.05) is 12.6 Å². The van der Waals surface area contributed by atoms with Gasteiger partial charge in [0.25, 0.3) is 0 Å². The maximum atomic E-state index is 8.99. The molecule has 1 aromatic rings. The van der Waals surface area contributed by atoms with Gasteiger partial charge in [-0.05, 0) is 23.9 Å². The zero-order chi connectivity index (χ0) is 12.1. The highest BCUT2D eigenvalue weighted by atomic mass is 16.4. The van der Waals surface area contributed by atoms with Crippen molar-refractivity contribution in [2.24, 2.45) is 0 Å². The molecular formula is C13H20BNO2. The second-order valence-electron chi connectivity index (χ2n) is 4.83. The minimum atomic E-state index is -1.37. The minimum absolute atomic E-state index is 0.548. The molecule has 1 aliphatic rings. The lowest BCUT2D eigenvalue weighted by Gasteiger charge is -2.22. The first-order chi connectivity index (χ1) is 8.25. The number of benzene rings is 1. The quantitative estimate of drug-likeness (QED) is 0.674. The van der Waals surface area contributed by atoms with E-state index in [1.165, 1.54) is 37.7 Å². The summed E-state index contributed by atoms with van der Waals surface area (Å²) in [4.78, 5) is 0. The van der Waals surface area contributed by atoms with Crippen LogP contribution in [0.4, 0.5) is 0 Å². The van der Waals surface area contributed by atoms with E-state index in [0.717, 1.165) is 6.54 Å². The van der Waals surface area contributed by atoms with Crippen molar-refractivity contribution in [2.45, 2.75) is 44.7 Å². The maximum absolute atomic E-state index is 8.99. The normalized spacial score (nSPS) is 17.1. The van der Waals surface area contributed by atoms with Gasteiger partial charge in [-0.3, -0.25) is 0 Å². The van der Waals surface area contributed by atoms with Gasteiger partial charge < -0.3 is 15.4 Å². The molecule has 0 aromatic heterocycles. The van der Waals surface area contributed by atoms with Crippen LogP contribution in [0.2, 0.25) is 0 Å². The lowest BCUT2D eigenvalue weighted by molar-refractivity contribution is 0.372. The van der Waals surface area contributed by atoms with Crippen LogP contribution in [-0.2, 0) is 6.54 Å². The molecule has 17 heavy (non-hydrogen) atoms. The smallest absolute Gasteiger partial charge is 0.423 e.